The standard InChI is InChI=1S/C22H25Br2N3O5/c1-11-6-7-12(9-15(11)27(31)32)25-16(28)5-3-2-4-8-26-21(29)17-13-10-14(18(17)22(26)30)20(24)19(13)23/h6-7,9,13-14,17-20H,2-5,8,10H2,1H3,(H,25,28)/t13-,14-,17-,18-,19-,20+/m0/s1. The smallest absolute Gasteiger partial charge is 0.274 e. The van der Waals surface area contributed by atoms with Gasteiger partial charge in [-0.1, -0.05) is 44.3 Å². The van der Waals surface area contributed by atoms with Crippen molar-refractivity contribution in [3.05, 3.63) is 33.9 Å². The monoisotopic (exact) mass is 569 g/mol. The molecule has 3 amide bonds. The van der Waals surface area contributed by atoms with E-state index in [0.717, 1.165) is 6.42 Å². The Kier molecular flexibility index (Phi) is 6.72. The number of aryl methyl sites for hydroxylation is 1. The van der Waals surface area contributed by atoms with E-state index >= 15 is 0 Å². The fraction of sp³-hybridized carbons (Fsp3) is 0.591. The van der Waals surface area contributed by atoms with Gasteiger partial charge in [0.25, 0.3) is 5.69 Å². The number of amides is 3. The molecule has 2 bridgehead atoms. The molecule has 2 saturated carbocycles. The first-order valence-corrected chi connectivity index (χ1v) is 12.7. The zero-order valence-corrected chi connectivity index (χ0v) is 20.8. The number of nitrogens with one attached hydrogen (secondary N) is 1. The normalized spacial score (nSPS) is 30.7. The van der Waals surface area contributed by atoms with Crippen molar-refractivity contribution in [3.8, 4) is 0 Å². The van der Waals surface area contributed by atoms with Crippen molar-refractivity contribution < 1.29 is 19.3 Å². The molecule has 3 fully saturated rings. The minimum absolute atomic E-state index is 0.0292. The minimum atomic E-state index is -0.471. The average Bonchev–Trinajstić information content (AvgIpc) is 3.35. The summed E-state index contributed by atoms with van der Waals surface area (Å²) in [6.07, 6.45) is 3.18. The van der Waals surface area contributed by atoms with Crippen LogP contribution in [0.5, 0.6) is 0 Å². The van der Waals surface area contributed by atoms with E-state index in [0.29, 0.717) is 37.1 Å². The number of carbonyl (C=O) groups is 3. The van der Waals surface area contributed by atoms with Crippen molar-refractivity contribution >= 4 is 61.0 Å². The summed E-state index contributed by atoms with van der Waals surface area (Å²) in [5.41, 5.74) is 0.907. The third kappa shape index (κ3) is 4.11. The number of hydrogen-bond acceptors (Lipinski definition) is 5. The fourth-order valence-electron chi connectivity index (χ4n) is 5.47. The molecule has 1 saturated heterocycles. The molecule has 172 valence electrons. The maximum absolute atomic E-state index is 12.9. The third-order valence-electron chi connectivity index (χ3n) is 7.05. The summed E-state index contributed by atoms with van der Waals surface area (Å²) in [6, 6.07) is 4.61. The molecular formula is C22H25Br2N3O5. The van der Waals surface area contributed by atoms with Crippen molar-refractivity contribution in [1.29, 1.82) is 0 Å². The molecule has 0 aromatic heterocycles. The largest absolute Gasteiger partial charge is 0.326 e. The van der Waals surface area contributed by atoms with E-state index in [1.807, 2.05) is 0 Å². The number of hydrogen-bond donors (Lipinski definition) is 1. The Hall–Kier alpha value is -1.81. The average molecular weight is 571 g/mol. The molecule has 2 aliphatic carbocycles. The number of nitro benzene ring substituents is 1. The lowest BCUT2D eigenvalue weighted by Gasteiger charge is -2.28. The number of fused-ring (bicyclic) bond motifs is 5. The number of carbonyl (C=O) groups excluding carboxylic acids is 3. The lowest BCUT2D eigenvalue weighted by molar-refractivity contribution is -0.385. The van der Waals surface area contributed by atoms with Gasteiger partial charge in [0.05, 0.1) is 16.8 Å². The van der Waals surface area contributed by atoms with Crippen LogP contribution in [0.15, 0.2) is 18.2 Å². The molecule has 0 unspecified atom stereocenters. The molecule has 4 rings (SSSR count). The highest BCUT2D eigenvalue weighted by molar-refractivity contribution is 9.12. The van der Waals surface area contributed by atoms with Crippen LogP contribution in [0.2, 0.25) is 0 Å². The Morgan fingerprint density at radius 2 is 1.75 bits per heavy atom. The van der Waals surface area contributed by atoms with Crippen LogP contribution in [0, 0.1) is 40.7 Å². The summed E-state index contributed by atoms with van der Waals surface area (Å²) >= 11 is 7.38. The molecule has 3 aliphatic rings. The topological polar surface area (TPSA) is 110 Å². The zero-order valence-electron chi connectivity index (χ0n) is 17.6. The van der Waals surface area contributed by atoms with E-state index in [1.165, 1.54) is 11.0 Å². The molecule has 1 aromatic rings. The lowest BCUT2D eigenvalue weighted by Crippen LogP contribution is -2.37. The number of likely N-dealkylation sites (tertiary alicyclic amines) is 1. The quantitative estimate of drug-likeness (QED) is 0.166. The van der Waals surface area contributed by atoms with E-state index in [4.69, 9.17) is 0 Å². The van der Waals surface area contributed by atoms with Crippen LogP contribution in [0.4, 0.5) is 11.4 Å². The van der Waals surface area contributed by atoms with Gasteiger partial charge in [-0.05, 0) is 44.1 Å². The van der Waals surface area contributed by atoms with Gasteiger partial charge in [0.1, 0.15) is 0 Å². The van der Waals surface area contributed by atoms with Crippen LogP contribution >= 0.6 is 31.9 Å². The van der Waals surface area contributed by atoms with Gasteiger partial charge in [-0.15, -0.1) is 0 Å². The number of benzene rings is 1. The first kappa shape index (κ1) is 23.4. The van der Waals surface area contributed by atoms with E-state index in [-0.39, 0.29) is 63.2 Å². The Balaban J connectivity index is 1.21. The summed E-state index contributed by atoms with van der Waals surface area (Å²) in [6.45, 7) is 2.05. The SMILES string of the molecule is Cc1ccc(NC(=O)CCCCCN2C(=O)[C@H]3[C@@H]4C[C@H]([C@@H](Br)[C@H]4Br)[C@@H]3C2=O)cc1[N+](=O)[O-]. The second-order valence-corrected chi connectivity index (χ2v) is 11.1. The van der Waals surface area contributed by atoms with Gasteiger partial charge in [0.15, 0.2) is 0 Å². The molecule has 8 nitrogen and oxygen atoms in total. The van der Waals surface area contributed by atoms with Gasteiger partial charge in [0, 0.05) is 39.9 Å². The third-order valence-corrected chi connectivity index (χ3v) is 10.3. The van der Waals surface area contributed by atoms with Crippen LogP contribution in [0.25, 0.3) is 0 Å². The number of unbranched alkanes of at least 4 members (excludes halogenated alkanes) is 2. The second-order valence-electron chi connectivity index (χ2n) is 8.95. The highest BCUT2D eigenvalue weighted by Gasteiger charge is 2.66. The number of anilines is 1. The number of nitrogens with zero attached hydrogens (tertiary/aromatic N) is 2. The molecule has 1 aliphatic heterocycles. The highest BCUT2D eigenvalue weighted by Crippen LogP contribution is 2.60. The first-order valence-electron chi connectivity index (χ1n) is 10.9. The van der Waals surface area contributed by atoms with Gasteiger partial charge >= 0.3 is 0 Å². The number of alkyl halides is 2. The lowest BCUT2D eigenvalue weighted by atomic mass is 9.81. The summed E-state index contributed by atoms with van der Waals surface area (Å²) in [5, 5.41) is 13.7. The molecule has 1 N–H and O–H groups in total. The zero-order chi connectivity index (χ0) is 23.2. The Bertz CT molecular complexity index is 939. The molecule has 1 aromatic carbocycles. The van der Waals surface area contributed by atoms with Gasteiger partial charge in [-0.3, -0.25) is 29.4 Å². The predicted octanol–water partition coefficient (Wildman–Crippen LogP) is 4.18. The van der Waals surface area contributed by atoms with Crippen molar-refractivity contribution in [2.24, 2.45) is 23.7 Å². The summed E-state index contributed by atoms with van der Waals surface area (Å²) in [4.78, 5) is 50.4. The van der Waals surface area contributed by atoms with E-state index in [2.05, 4.69) is 37.2 Å². The molecule has 32 heavy (non-hydrogen) atoms. The molecule has 1 heterocycles. The van der Waals surface area contributed by atoms with Gasteiger partial charge in [0.2, 0.25) is 17.7 Å². The van der Waals surface area contributed by atoms with Crippen molar-refractivity contribution in [2.45, 2.75) is 48.7 Å². The molecule has 6 atom stereocenters. The van der Waals surface area contributed by atoms with E-state index < -0.39 is 4.92 Å². The fourth-order valence-corrected chi connectivity index (χ4v) is 7.34. The van der Waals surface area contributed by atoms with Crippen molar-refractivity contribution in [1.82, 2.24) is 4.90 Å². The van der Waals surface area contributed by atoms with Crippen molar-refractivity contribution in [3.63, 3.8) is 0 Å². The molecule has 10 heteroatoms. The number of halogens is 2. The van der Waals surface area contributed by atoms with Gasteiger partial charge in [-0.2, -0.15) is 0 Å². The predicted molar refractivity (Wildman–Crippen MR) is 126 cm³/mol. The number of imide groups is 1. The Morgan fingerprint density at radius 3 is 2.34 bits per heavy atom. The van der Waals surface area contributed by atoms with Crippen LogP contribution < -0.4 is 5.32 Å². The number of nitro groups is 1. The van der Waals surface area contributed by atoms with Crippen molar-refractivity contribution in [2.75, 3.05) is 11.9 Å². The van der Waals surface area contributed by atoms with Gasteiger partial charge < -0.3 is 5.32 Å². The van der Waals surface area contributed by atoms with E-state index in [9.17, 15) is 24.5 Å². The summed E-state index contributed by atoms with van der Waals surface area (Å²) in [5.74, 6) is -0.210. The molecular weight excluding hydrogens is 546 g/mol. The maximum atomic E-state index is 12.9. The van der Waals surface area contributed by atoms with E-state index in [1.54, 1.807) is 19.1 Å². The number of rotatable bonds is 8. The Labute approximate surface area is 202 Å². The van der Waals surface area contributed by atoms with Crippen LogP contribution in [0.1, 0.15) is 37.7 Å². The second kappa shape index (κ2) is 9.21. The highest BCUT2D eigenvalue weighted by atomic mass is 79.9. The van der Waals surface area contributed by atoms with Crippen LogP contribution in [0.3, 0.4) is 0 Å². The summed E-state index contributed by atoms with van der Waals surface area (Å²) in [7, 11) is 0. The minimum Gasteiger partial charge on any atom is -0.326 e. The first-order chi connectivity index (χ1) is 15.2. The summed E-state index contributed by atoms with van der Waals surface area (Å²) < 4.78 is 0. The molecule has 0 spiro atoms. The van der Waals surface area contributed by atoms with Gasteiger partial charge in [-0.25, -0.2) is 0 Å². The van der Waals surface area contributed by atoms with Crippen LogP contribution in [-0.4, -0.2) is 43.7 Å². The Morgan fingerprint density at radius 1 is 1.12 bits per heavy atom. The van der Waals surface area contributed by atoms with Crippen LogP contribution in [-0.2, 0) is 14.4 Å². The molecule has 0 radical (unpaired) electrons. The maximum Gasteiger partial charge on any atom is 0.274 e.